The highest BCUT2D eigenvalue weighted by Gasteiger charge is 2.08. The number of aliphatic imine (C=N–C) groups is 1. The van der Waals surface area contributed by atoms with Crippen molar-refractivity contribution in [3.8, 4) is 11.5 Å². The summed E-state index contributed by atoms with van der Waals surface area (Å²) in [5.41, 5.74) is 2.81. The maximum atomic E-state index is 6.14. The van der Waals surface area contributed by atoms with E-state index in [0.717, 1.165) is 39.1 Å². The van der Waals surface area contributed by atoms with Gasteiger partial charge in [0.05, 0.1) is 12.8 Å². The molecule has 0 N–H and O–H groups in total. The van der Waals surface area contributed by atoms with Crippen molar-refractivity contribution in [1.29, 1.82) is 0 Å². The average Bonchev–Trinajstić information content (AvgIpc) is 2.77. The van der Waals surface area contributed by atoms with Crippen LogP contribution in [0.5, 0.6) is 11.5 Å². The minimum Gasteiger partial charge on any atom is -0.497 e. The van der Waals surface area contributed by atoms with E-state index in [0.29, 0.717) is 11.6 Å². The Morgan fingerprint density at radius 3 is 2.52 bits per heavy atom. The van der Waals surface area contributed by atoms with Gasteiger partial charge in [0, 0.05) is 16.8 Å². The first-order chi connectivity index (χ1) is 14.2. The molecule has 144 valence electrons. The lowest BCUT2D eigenvalue weighted by Crippen LogP contribution is -1.99. The number of methoxy groups -OCH3 is 1. The second-order valence-corrected chi connectivity index (χ2v) is 7.01. The quantitative estimate of drug-likeness (QED) is 0.331. The second-order valence-electron chi connectivity index (χ2n) is 6.57. The molecular weight excluding hydrogens is 382 g/mol. The molecule has 0 aliphatic heterocycles. The summed E-state index contributed by atoms with van der Waals surface area (Å²) in [6.45, 7) is 0.433. The number of ether oxygens (including phenoxy) is 2. The van der Waals surface area contributed by atoms with E-state index in [1.54, 1.807) is 7.11 Å². The Bertz CT molecular complexity index is 1150. The molecule has 0 aliphatic rings. The zero-order valence-corrected chi connectivity index (χ0v) is 16.8. The van der Waals surface area contributed by atoms with Gasteiger partial charge >= 0.3 is 0 Å². The van der Waals surface area contributed by atoms with Crippen molar-refractivity contribution in [3.05, 3.63) is 101 Å². The maximum absolute atomic E-state index is 6.14. The van der Waals surface area contributed by atoms with E-state index in [4.69, 9.17) is 21.1 Å². The summed E-state index contributed by atoms with van der Waals surface area (Å²) < 4.78 is 11.4. The summed E-state index contributed by atoms with van der Waals surface area (Å²) in [4.78, 5) is 4.65. The third-order valence-corrected chi connectivity index (χ3v) is 4.86. The number of rotatable bonds is 6. The van der Waals surface area contributed by atoms with Crippen LogP contribution in [-0.4, -0.2) is 13.3 Å². The summed E-state index contributed by atoms with van der Waals surface area (Å²) in [5.74, 6) is 1.58. The molecule has 0 spiro atoms. The highest BCUT2D eigenvalue weighted by molar-refractivity contribution is 6.30. The third kappa shape index (κ3) is 4.58. The highest BCUT2D eigenvalue weighted by Crippen LogP contribution is 2.28. The van der Waals surface area contributed by atoms with Gasteiger partial charge in [-0.05, 0) is 58.8 Å². The number of halogens is 1. The lowest BCUT2D eigenvalue weighted by atomic mass is 10.0. The van der Waals surface area contributed by atoms with Crippen LogP contribution in [0.2, 0.25) is 5.02 Å². The van der Waals surface area contributed by atoms with Gasteiger partial charge in [0.2, 0.25) is 0 Å². The summed E-state index contributed by atoms with van der Waals surface area (Å²) >= 11 is 6.09. The van der Waals surface area contributed by atoms with Gasteiger partial charge in [0.15, 0.2) is 0 Å². The molecule has 0 aromatic heterocycles. The van der Waals surface area contributed by atoms with Crippen LogP contribution in [0, 0.1) is 0 Å². The molecule has 0 fully saturated rings. The Morgan fingerprint density at radius 2 is 1.72 bits per heavy atom. The number of hydrogen-bond acceptors (Lipinski definition) is 3. The van der Waals surface area contributed by atoms with Crippen LogP contribution in [0.1, 0.15) is 11.1 Å². The van der Waals surface area contributed by atoms with Crippen LogP contribution in [0.3, 0.4) is 0 Å². The van der Waals surface area contributed by atoms with Crippen molar-refractivity contribution < 1.29 is 9.47 Å². The summed E-state index contributed by atoms with van der Waals surface area (Å²) in [5, 5.41) is 2.93. The van der Waals surface area contributed by atoms with E-state index in [9.17, 15) is 0 Å². The van der Waals surface area contributed by atoms with Crippen molar-refractivity contribution in [2.45, 2.75) is 6.61 Å². The van der Waals surface area contributed by atoms with Crippen LogP contribution < -0.4 is 9.47 Å². The molecule has 0 unspecified atom stereocenters. The zero-order chi connectivity index (χ0) is 20.1. The Kier molecular flexibility index (Phi) is 5.78. The Balaban J connectivity index is 1.67. The lowest BCUT2D eigenvalue weighted by molar-refractivity contribution is 0.306. The van der Waals surface area contributed by atoms with E-state index < -0.39 is 0 Å². The first-order valence-electron chi connectivity index (χ1n) is 9.30. The number of nitrogens with zero attached hydrogens (tertiary/aromatic N) is 1. The van der Waals surface area contributed by atoms with Gasteiger partial charge in [0.1, 0.15) is 18.1 Å². The van der Waals surface area contributed by atoms with Gasteiger partial charge < -0.3 is 9.47 Å². The van der Waals surface area contributed by atoms with Gasteiger partial charge in [-0.2, -0.15) is 0 Å². The van der Waals surface area contributed by atoms with Gasteiger partial charge in [-0.1, -0.05) is 54.1 Å². The van der Waals surface area contributed by atoms with Crippen LogP contribution >= 0.6 is 11.6 Å². The van der Waals surface area contributed by atoms with E-state index in [1.165, 1.54) is 0 Å². The molecule has 0 heterocycles. The van der Waals surface area contributed by atoms with Crippen LogP contribution in [0.15, 0.2) is 89.9 Å². The Labute approximate surface area is 175 Å². The highest BCUT2D eigenvalue weighted by atomic mass is 35.5. The van der Waals surface area contributed by atoms with E-state index in [1.807, 2.05) is 72.9 Å². The molecule has 4 rings (SSSR count). The van der Waals surface area contributed by atoms with Gasteiger partial charge in [-0.3, -0.25) is 4.99 Å². The molecular formula is C25H20ClNO2. The van der Waals surface area contributed by atoms with Crippen LogP contribution in [0.4, 0.5) is 5.69 Å². The molecule has 4 heteroatoms. The van der Waals surface area contributed by atoms with Gasteiger partial charge in [0.25, 0.3) is 0 Å². The maximum Gasteiger partial charge on any atom is 0.129 e. The molecule has 0 aliphatic carbocycles. The summed E-state index contributed by atoms with van der Waals surface area (Å²) in [7, 11) is 1.65. The summed E-state index contributed by atoms with van der Waals surface area (Å²) in [6, 6.07) is 27.6. The summed E-state index contributed by atoms with van der Waals surface area (Å²) in [6.07, 6.45) is 1.86. The van der Waals surface area contributed by atoms with Crippen molar-refractivity contribution in [3.63, 3.8) is 0 Å². The molecule has 0 saturated carbocycles. The number of hydrogen-bond donors (Lipinski definition) is 0. The Morgan fingerprint density at radius 1 is 0.897 bits per heavy atom. The molecule has 0 bridgehead atoms. The standard InChI is InChI=1S/C25H20ClNO2/c1-28-22-12-10-21(11-13-22)27-16-24-23-8-3-2-6-19(23)9-14-25(24)29-17-18-5-4-7-20(26)15-18/h2-16H,17H2,1H3. The van der Waals surface area contributed by atoms with E-state index in [-0.39, 0.29) is 0 Å². The normalized spacial score (nSPS) is 11.1. The van der Waals surface area contributed by atoms with Gasteiger partial charge in [-0.15, -0.1) is 0 Å². The van der Waals surface area contributed by atoms with Crippen molar-refractivity contribution in [2.75, 3.05) is 7.11 Å². The van der Waals surface area contributed by atoms with E-state index >= 15 is 0 Å². The van der Waals surface area contributed by atoms with Crippen LogP contribution in [0.25, 0.3) is 10.8 Å². The van der Waals surface area contributed by atoms with Crippen molar-refractivity contribution in [2.24, 2.45) is 4.99 Å². The minimum absolute atomic E-state index is 0.433. The van der Waals surface area contributed by atoms with Crippen molar-refractivity contribution >= 4 is 34.3 Å². The molecule has 0 amide bonds. The Hall–Kier alpha value is -3.30. The number of benzene rings is 4. The predicted molar refractivity (Wildman–Crippen MR) is 120 cm³/mol. The van der Waals surface area contributed by atoms with Crippen molar-refractivity contribution in [1.82, 2.24) is 0 Å². The predicted octanol–water partition coefficient (Wildman–Crippen LogP) is 6.83. The third-order valence-electron chi connectivity index (χ3n) is 4.63. The largest absolute Gasteiger partial charge is 0.497 e. The fraction of sp³-hybridized carbons (Fsp3) is 0.0800. The monoisotopic (exact) mass is 401 g/mol. The SMILES string of the molecule is COc1ccc(N=Cc2c(OCc3cccc(Cl)c3)ccc3ccccc23)cc1. The van der Waals surface area contributed by atoms with Gasteiger partial charge in [-0.25, -0.2) is 0 Å². The first-order valence-corrected chi connectivity index (χ1v) is 9.68. The first kappa shape index (κ1) is 19.0. The molecule has 4 aromatic carbocycles. The fourth-order valence-electron chi connectivity index (χ4n) is 3.13. The average molecular weight is 402 g/mol. The molecule has 4 aromatic rings. The zero-order valence-electron chi connectivity index (χ0n) is 16.0. The second kappa shape index (κ2) is 8.80. The number of fused-ring (bicyclic) bond motifs is 1. The van der Waals surface area contributed by atoms with E-state index in [2.05, 4.69) is 23.2 Å². The molecule has 3 nitrogen and oxygen atoms in total. The molecule has 0 saturated heterocycles. The molecule has 29 heavy (non-hydrogen) atoms. The lowest BCUT2D eigenvalue weighted by Gasteiger charge is -2.12. The fourth-order valence-corrected chi connectivity index (χ4v) is 3.34. The minimum atomic E-state index is 0.433. The molecule has 0 atom stereocenters. The topological polar surface area (TPSA) is 30.8 Å². The smallest absolute Gasteiger partial charge is 0.129 e. The van der Waals surface area contributed by atoms with Crippen LogP contribution in [-0.2, 0) is 6.61 Å². The molecule has 0 radical (unpaired) electrons.